The van der Waals surface area contributed by atoms with Crippen LogP contribution in [0.4, 0.5) is 0 Å². The quantitative estimate of drug-likeness (QED) is 0.623. The Kier molecular flexibility index (Phi) is 7.45. The molecule has 0 unspecified atom stereocenters. The predicted molar refractivity (Wildman–Crippen MR) is 110 cm³/mol. The minimum Gasteiger partial charge on any atom is -0.374 e. The van der Waals surface area contributed by atoms with E-state index in [1.807, 2.05) is 11.7 Å². The van der Waals surface area contributed by atoms with Crippen LogP contribution in [0.15, 0.2) is 6.20 Å². The van der Waals surface area contributed by atoms with Crippen LogP contribution in [0, 0.1) is 5.41 Å². The summed E-state index contributed by atoms with van der Waals surface area (Å²) in [6, 6.07) is 0. The SMILES string of the molecule is CCC(C)(C)CC(C)(C)c1cn(CC(C)(C)OCCC(C)(C)NC)nn1. The van der Waals surface area contributed by atoms with Crippen LogP contribution in [-0.2, 0) is 16.7 Å². The summed E-state index contributed by atoms with van der Waals surface area (Å²) in [7, 11) is 1.99. The molecule has 0 saturated heterocycles. The molecule has 1 rings (SSSR count). The summed E-state index contributed by atoms with van der Waals surface area (Å²) in [6.07, 6.45) is 5.31. The van der Waals surface area contributed by atoms with Crippen molar-refractivity contribution < 1.29 is 4.74 Å². The van der Waals surface area contributed by atoms with E-state index in [0.29, 0.717) is 12.0 Å². The summed E-state index contributed by atoms with van der Waals surface area (Å²) >= 11 is 0. The maximum atomic E-state index is 6.14. The Bertz CT molecular complexity index is 558. The van der Waals surface area contributed by atoms with E-state index in [1.165, 1.54) is 0 Å². The summed E-state index contributed by atoms with van der Waals surface area (Å²) in [5.74, 6) is 0. The number of hydrogen-bond acceptors (Lipinski definition) is 4. The van der Waals surface area contributed by atoms with Crippen molar-refractivity contribution in [1.82, 2.24) is 20.3 Å². The third-order valence-electron chi connectivity index (χ3n) is 5.55. The number of hydrogen-bond donors (Lipinski definition) is 1. The smallest absolute Gasteiger partial charge is 0.0883 e. The lowest BCUT2D eigenvalue weighted by atomic mass is 9.72. The van der Waals surface area contributed by atoms with Crippen molar-refractivity contribution in [2.75, 3.05) is 13.7 Å². The largest absolute Gasteiger partial charge is 0.374 e. The van der Waals surface area contributed by atoms with Crippen molar-refractivity contribution in [3.8, 4) is 0 Å². The molecule has 1 N–H and O–H groups in total. The van der Waals surface area contributed by atoms with Gasteiger partial charge in [0.15, 0.2) is 0 Å². The van der Waals surface area contributed by atoms with Crippen LogP contribution in [0.2, 0.25) is 0 Å². The zero-order valence-electron chi connectivity index (χ0n) is 18.9. The lowest BCUT2D eigenvalue weighted by Gasteiger charge is -2.33. The van der Waals surface area contributed by atoms with Crippen LogP contribution >= 0.6 is 0 Å². The molecule has 0 aliphatic heterocycles. The molecule has 0 amide bonds. The summed E-state index contributed by atoms with van der Waals surface area (Å²) in [4.78, 5) is 0. The molecule has 152 valence electrons. The Morgan fingerprint density at radius 1 is 1.08 bits per heavy atom. The van der Waals surface area contributed by atoms with Gasteiger partial charge in [0, 0.05) is 23.8 Å². The van der Waals surface area contributed by atoms with Gasteiger partial charge in [-0.15, -0.1) is 5.10 Å². The predicted octanol–water partition coefficient (Wildman–Crippen LogP) is 4.57. The van der Waals surface area contributed by atoms with E-state index in [1.54, 1.807) is 0 Å². The molecule has 5 heteroatoms. The highest BCUT2D eigenvalue weighted by Gasteiger charge is 2.32. The van der Waals surface area contributed by atoms with Crippen molar-refractivity contribution in [3.05, 3.63) is 11.9 Å². The molecule has 0 atom stereocenters. The molecular formula is C21H42N4O. The molecule has 0 radical (unpaired) electrons. The minimum absolute atomic E-state index is 0.0135. The van der Waals surface area contributed by atoms with Gasteiger partial charge in [0.2, 0.25) is 0 Å². The molecule has 0 aliphatic rings. The van der Waals surface area contributed by atoms with Crippen LogP contribution in [0.3, 0.4) is 0 Å². The number of aromatic nitrogens is 3. The number of ether oxygens (including phenoxy) is 1. The first-order valence-electron chi connectivity index (χ1n) is 9.95. The van der Waals surface area contributed by atoms with E-state index >= 15 is 0 Å². The first-order valence-corrected chi connectivity index (χ1v) is 9.95. The lowest BCUT2D eigenvalue weighted by molar-refractivity contribution is -0.0385. The van der Waals surface area contributed by atoms with Crippen LogP contribution in [-0.4, -0.2) is 39.8 Å². The fourth-order valence-electron chi connectivity index (χ4n) is 3.24. The Balaban J connectivity index is 2.69. The van der Waals surface area contributed by atoms with Crippen LogP contribution < -0.4 is 5.32 Å². The van der Waals surface area contributed by atoms with Gasteiger partial charge in [-0.05, 0) is 53.0 Å². The summed E-state index contributed by atoms with van der Waals surface area (Å²) in [5, 5.41) is 12.2. The number of nitrogens with zero attached hydrogens (tertiary/aromatic N) is 3. The average molecular weight is 367 g/mol. The fourth-order valence-corrected chi connectivity index (χ4v) is 3.24. The number of nitrogens with one attached hydrogen (secondary N) is 1. The van der Waals surface area contributed by atoms with Gasteiger partial charge in [-0.3, -0.25) is 0 Å². The Morgan fingerprint density at radius 2 is 1.69 bits per heavy atom. The molecule has 0 aliphatic carbocycles. The van der Waals surface area contributed by atoms with Crippen molar-refractivity contribution in [2.24, 2.45) is 5.41 Å². The molecule has 0 saturated carbocycles. The van der Waals surface area contributed by atoms with E-state index in [0.717, 1.165) is 31.6 Å². The summed E-state index contributed by atoms with van der Waals surface area (Å²) in [5.41, 5.74) is 1.19. The highest BCUT2D eigenvalue weighted by molar-refractivity contribution is 5.10. The van der Waals surface area contributed by atoms with Gasteiger partial charge < -0.3 is 10.1 Å². The third kappa shape index (κ3) is 7.36. The van der Waals surface area contributed by atoms with E-state index < -0.39 is 0 Å². The average Bonchev–Trinajstić information content (AvgIpc) is 2.94. The van der Waals surface area contributed by atoms with Crippen LogP contribution in [0.25, 0.3) is 0 Å². The van der Waals surface area contributed by atoms with Gasteiger partial charge in [-0.2, -0.15) is 0 Å². The maximum Gasteiger partial charge on any atom is 0.0883 e. The van der Waals surface area contributed by atoms with E-state index in [9.17, 15) is 0 Å². The van der Waals surface area contributed by atoms with Crippen molar-refractivity contribution in [3.63, 3.8) is 0 Å². The molecule has 26 heavy (non-hydrogen) atoms. The maximum absolute atomic E-state index is 6.14. The molecule has 1 aromatic rings. The first kappa shape index (κ1) is 23.1. The van der Waals surface area contributed by atoms with Crippen molar-refractivity contribution in [2.45, 2.75) is 105 Å². The Labute approximate surface area is 161 Å². The highest BCUT2D eigenvalue weighted by Crippen LogP contribution is 2.37. The zero-order chi connectivity index (χ0) is 20.2. The highest BCUT2D eigenvalue weighted by atomic mass is 16.5. The van der Waals surface area contributed by atoms with Gasteiger partial charge in [0.25, 0.3) is 0 Å². The second-order valence-electron chi connectivity index (χ2n) is 10.4. The van der Waals surface area contributed by atoms with E-state index in [4.69, 9.17) is 4.74 Å². The van der Waals surface area contributed by atoms with E-state index in [-0.39, 0.29) is 16.6 Å². The van der Waals surface area contributed by atoms with Crippen LogP contribution in [0.1, 0.15) is 87.3 Å². The second-order valence-corrected chi connectivity index (χ2v) is 10.4. The molecule has 1 heterocycles. The van der Waals surface area contributed by atoms with E-state index in [2.05, 4.69) is 84.1 Å². The fraction of sp³-hybridized carbons (Fsp3) is 0.905. The Hall–Kier alpha value is -0.940. The molecule has 0 bridgehead atoms. The van der Waals surface area contributed by atoms with Gasteiger partial charge >= 0.3 is 0 Å². The summed E-state index contributed by atoms with van der Waals surface area (Å²) < 4.78 is 8.07. The van der Waals surface area contributed by atoms with Crippen molar-refractivity contribution in [1.29, 1.82) is 0 Å². The normalized spacial score (nSPS) is 14.1. The zero-order valence-corrected chi connectivity index (χ0v) is 18.9. The van der Waals surface area contributed by atoms with Gasteiger partial charge in [0.1, 0.15) is 0 Å². The molecule has 0 fully saturated rings. The van der Waals surface area contributed by atoms with Gasteiger partial charge in [-0.1, -0.05) is 46.3 Å². The molecule has 0 aromatic carbocycles. The molecule has 0 spiro atoms. The molecule has 5 nitrogen and oxygen atoms in total. The standard InChI is InChI=1S/C21H42N4O/c1-11-18(2,3)15-19(4,5)17-14-25(24-23-17)16-21(8,9)26-13-12-20(6,7)22-10/h14,22H,11-13,15-16H2,1-10H3. The topological polar surface area (TPSA) is 52.0 Å². The lowest BCUT2D eigenvalue weighted by Crippen LogP contribution is -2.39. The van der Waals surface area contributed by atoms with Crippen molar-refractivity contribution >= 4 is 0 Å². The monoisotopic (exact) mass is 366 g/mol. The number of rotatable bonds is 11. The second kappa shape index (κ2) is 8.39. The minimum atomic E-state index is -0.276. The Morgan fingerprint density at radius 3 is 2.23 bits per heavy atom. The van der Waals surface area contributed by atoms with Crippen LogP contribution in [0.5, 0.6) is 0 Å². The van der Waals surface area contributed by atoms with Gasteiger partial charge in [0.05, 0.1) is 17.8 Å². The summed E-state index contributed by atoms with van der Waals surface area (Å²) in [6.45, 7) is 21.5. The molecular weight excluding hydrogens is 324 g/mol. The third-order valence-corrected chi connectivity index (χ3v) is 5.55. The molecule has 1 aromatic heterocycles. The first-order chi connectivity index (χ1) is 11.7. The van der Waals surface area contributed by atoms with Gasteiger partial charge in [-0.25, -0.2) is 4.68 Å².